The molecule has 0 radical (unpaired) electrons. The van der Waals surface area contributed by atoms with Crippen molar-refractivity contribution in [2.75, 3.05) is 27.2 Å². The van der Waals surface area contributed by atoms with Crippen molar-refractivity contribution in [1.82, 2.24) is 9.80 Å². The Balaban J connectivity index is 1.51. The summed E-state index contributed by atoms with van der Waals surface area (Å²) in [7, 11) is 3.41. The number of nitrogens with zero attached hydrogens (tertiary/aromatic N) is 2. The van der Waals surface area contributed by atoms with Gasteiger partial charge in [-0.1, -0.05) is 24.3 Å². The van der Waals surface area contributed by atoms with Crippen molar-refractivity contribution < 1.29 is 18.7 Å². The Kier molecular flexibility index (Phi) is 5.74. The number of ether oxygens (including phenoxy) is 1. The standard InChI is InChI=1S/C24H26N2O4/c1-25(16-18-8-6-14-30-18)23(27)17-7-5-13-26(15-17)24(28)21-11-12-22(29-2)20-10-4-3-9-19(20)21/h3-4,6,8-12,14,17H,5,7,13,15-16H2,1-2H3/t17-/m0/s1. The summed E-state index contributed by atoms with van der Waals surface area (Å²) in [6, 6.07) is 15.1. The van der Waals surface area contributed by atoms with Crippen LogP contribution in [0.2, 0.25) is 0 Å². The zero-order valence-electron chi connectivity index (χ0n) is 17.3. The zero-order chi connectivity index (χ0) is 21.1. The van der Waals surface area contributed by atoms with Crippen LogP contribution >= 0.6 is 0 Å². The summed E-state index contributed by atoms with van der Waals surface area (Å²) >= 11 is 0. The first kappa shape index (κ1) is 20.0. The molecule has 6 nitrogen and oxygen atoms in total. The zero-order valence-corrected chi connectivity index (χ0v) is 17.3. The summed E-state index contributed by atoms with van der Waals surface area (Å²) in [6.07, 6.45) is 3.20. The highest BCUT2D eigenvalue weighted by Crippen LogP contribution is 2.30. The summed E-state index contributed by atoms with van der Waals surface area (Å²) in [5, 5.41) is 1.78. The normalized spacial score (nSPS) is 16.5. The second-order valence-electron chi connectivity index (χ2n) is 7.72. The number of rotatable bonds is 5. The van der Waals surface area contributed by atoms with Gasteiger partial charge in [0.2, 0.25) is 5.91 Å². The molecule has 30 heavy (non-hydrogen) atoms. The molecule has 0 aliphatic carbocycles. The van der Waals surface area contributed by atoms with Crippen molar-refractivity contribution in [2.24, 2.45) is 5.92 Å². The molecule has 4 rings (SSSR count). The van der Waals surface area contributed by atoms with E-state index < -0.39 is 0 Å². The lowest BCUT2D eigenvalue weighted by Gasteiger charge is -2.34. The molecule has 1 aromatic heterocycles. The van der Waals surface area contributed by atoms with E-state index in [2.05, 4.69) is 0 Å². The quantitative estimate of drug-likeness (QED) is 0.644. The summed E-state index contributed by atoms with van der Waals surface area (Å²) in [5.41, 5.74) is 0.642. The lowest BCUT2D eigenvalue weighted by Crippen LogP contribution is -2.45. The Bertz CT molecular complexity index is 1040. The largest absolute Gasteiger partial charge is 0.496 e. The van der Waals surface area contributed by atoms with Gasteiger partial charge in [-0.3, -0.25) is 9.59 Å². The number of benzene rings is 2. The van der Waals surface area contributed by atoms with Crippen LogP contribution in [0.15, 0.2) is 59.2 Å². The van der Waals surface area contributed by atoms with Crippen molar-refractivity contribution in [3.05, 3.63) is 66.1 Å². The average molecular weight is 406 g/mol. The molecule has 1 fully saturated rings. The number of furan rings is 1. The second kappa shape index (κ2) is 8.61. The molecular formula is C24H26N2O4. The highest BCUT2D eigenvalue weighted by atomic mass is 16.5. The summed E-state index contributed by atoms with van der Waals surface area (Å²) in [4.78, 5) is 29.8. The molecule has 0 bridgehead atoms. The van der Waals surface area contributed by atoms with Crippen LogP contribution in [0, 0.1) is 5.92 Å². The molecule has 6 heteroatoms. The van der Waals surface area contributed by atoms with Crippen LogP contribution in [0.3, 0.4) is 0 Å². The highest BCUT2D eigenvalue weighted by Gasteiger charge is 2.31. The Hall–Kier alpha value is -3.28. The van der Waals surface area contributed by atoms with Gasteiger partial charge >= 0.3 is 0 Å². The van der Waals surface area contributed by atoms with E-state index in [4.69, 9.17) is 9.15 Å². The number of hydrogen-bond acceptors (Lipinski definition) is 4. The Morgan fingerprint density at radius 3 is 2.67 bits per heavy atom. The van der Waals surface area contributed by atoms with Gasteiger partial charge in [-0.05, 0) is 42.5 Å². The van der Waals surface area contributed by atoms with Crippen LogP contribution in [-0.4, -0.2) is 48.9 Å². The number of hydrogen-bond donors (Lipinski definition) is 0. The summed E-state index contributed by atoms with van der Waals surface area (Å²) < 4.78 is 10.8. The molecule has 0 spiro atoms. The smallest absolute Gasteiger partial charge is 0.254 e. The van der Waals surface area contributed by atoms with E-state index in [9.17, 15) is 9.59 Å². The fourth-order valence-corrected chi connectivity index (χ4v) is 4.20. The Morgan fingerprint density at radius 1 is 1.13 bits per heavy atom. The van der Waals surface area contributed by atoms with E-state index in [-0.39, 0.29) is 17.7 Å². The van der Waals surface area contributed by atoms with Gasteiger partial charge in [0.15, 0.2) is 0 Å². The summed E-state index contributed by atoms with van der Waals surface area (Å²) in [6.45, 7) is 1.52. The third kappa shape index (κ3) is 3.90. The maximum absolute atomic E-state index is 13.4. The number of fused-ring (bicyclic) bond motifs is 1. The monoisotopic (exact) mass is 406 g/mol. The maximum Gasteiger partial charge on any atom is 0.254 e. The molecule has 0 saturated carbocycles. The molecule has 2 aromatic carbocycles. The average Bonchev–Trinajstić information content (AvgIpc) is 3.30. The fourth-order valence-electron chi connectivity index (χ4n) is 4.20. The maximum atomic E-state index is 13.4. The van der Waals surface area contributed by atoms with E-state index in [1.165, 1.54) is 0 Å². The van der Waals surface area contributed by atoms with Crippen molar-refractivity contribution in [3.63, 3.8) is 0 Å². The number of amides is 2. The van der Waals surface area contributed by atoms with Gasteiger partial charge in [-0.2, -0.15) is 0 Å². The third-order valence-corrected chi connectivity index (χ3v) is 5.74. The number of carbonyl (C=O) groups excluding carboxylic acids is 2. The molecule has 156 valence electrons. The summed E-state index contributed by atoms with van der Waals surface area (Å²) in [5.74, 6) is 1.29. The topological polar surface area (TPSA) is 63.0 Å². The van der Waals surface area contributed by atoms with Gasteiger partial charge in [0.1, 0.15) is 11.5 Å². The first-order valence-corrected chi connectivity index (χ1v) is 10.2. The van der Waals surface area contributed by atoms with Crippen LogP contribution in [-0.2, 0) is 11.3 Å². The minimum atomic E-state index is -0.202. The van der Waals surface area contributed by atoms with E-state index in [1.807, 2.05) is 48.5 Å². The van der Waals surface area contributed by atoms with Gasteiger partial charge in [-0.15, -0.1) is 0 Å². The number of likely N-dealkylation sites (tertiary alicyclic amines) is 1. The molecule has 0 N–H and O–H groups in total. The van der Waals surface area contributed by atoms with Gasteiger partial charge in [0, 0.05) is 31.1 Å². The van der Waals surface area contributed by atoms with E-state index in [0.29, 0.717) is 25.2 Å². The first-order chi connectivity index (χ1) is 14.6. The van der Waals surface area contributed by atoms with Crippen molar-refractivity contribution >= 4 is 22.6 Å². The van der Waals surface area contributed by atoms with Crippen LogP contribution in [0.5, 0.6) is 5.75 Å². The van der Waals surface area contributed by atoms with Crippen LogP contribution < -0.4 is 4.74 Å². The Labute approximate surface area is 176 Å². The lowest BCUT2D eigenvalue weighted by molar-refractivity contribution is -0.136. The van der Waals surface area contributed by atoms with Gasteiger partial charge in [0.25, 0.3) is 5.91 Å². The van der Waals surface area contributed by atoms with Crippen LogP contribution in [0.1, 0.15) is 29.0 Å². The predicted octanol–water partition coefficient (Wildman–Crippen LogP) is 3.95. The Morgan fingerprint density at radius 2 is 1.93 bits per heavy atom. The number of piperidine rings is 1. The minimum absolute atomic E-state index is 0.0416. The molecule has 2 heterocycles. The fraction of sp³-hybridized carbons (Fsp3) is 0.333. The third-order valence-electron chi connectivity index (χ3n) is 5.74. The van der Waals surface area contributed by atoms with Crippen LogP contribution in [0.25, 0.3) is 10.8 Å². The number of methoxy groups -OCH3 is 1. The van der Waals surface area contributed by atoms with Crippen LogP contribution in [0.4, 0.5) is 0 Å². The van der Waals surface area contributed by atoms with Crippen molar-refractivity contribution in [1.29, 1.82) is 0 Å². The molecule has 2 amide bonds. The molecule has 1 atom stereocenters. The lowest BCUT2D eigenvalue weighted by atomic mass is 9.95. The molecule has 1 aliphatic rings. The molecule has 1 saturated heterocycles. The minimum Gasteiger partial charge on any atom is -0.496 e. The van der Waals surface area contributed by atoms with E-state index >= 15 is 0 Å². The molecule has 3 aromatic rings. The molecule has 0 unspecified atom stereocenters. The van der Waals surface area contributed by atoms with Gasteiger partial charge in [-0.25, -0.2) is 0 Å². The highest BCUT2D eigenvalue weighted by molar-refractivity contribution is 6.08. The molecular weight excluding hydrogens is 380 g/mol. The second-order valence-corrected chi connectivity index (χ2v) is 7.72. The number of carbonyl (C=O) groups is 2. The van der Waals surface area contributed by atoms with Crippen molar-refractivity contribution in [3.8, 4) is 5.75 Å². The van der Waals surface area contributed by atoms with Gasteiger partial charge in [0.05, 0.1) is 25.8 Å². The predicted molar refractivity (Wildman–Crippen MR) is 114 cm³/mol. The molecule has 1 aliphatic heterocycles. The first-order valence-electron chi connectivity index (χ1n) is 10.2. The van der Waals surface area contributed by atoms with Gasteiger partial charge < -0.3 is 19.0 Å². The van der Waals surface area contributed by atoms with E-state index in [1.54, 1.807) is 30.2 Å². The SMILES string of the molecule is COc1ccc(C(=O)N2CCC[C@H](C(=O)N(C)Cc3ccco3)C2)c2ccccc12. The van der Waals surface area contributed by atoms with E-state index in [0.717, 1.165) is 35.1 Å². The van der Waals surface area contributed by atoms with Crippen molar-refractivity contribution in [2.45, 2.75) is 19.4 Å².